The third-order valence-electron chi connectivity index (χ3n) is 2.26. The molecule has 0 fully saturated rings. The maximum atomic E-state index is 12.0. The summed E-state index contributed by atoms with van der Waals surface area (Å²) in [5, 5.41) is 0. The summed E-state index contributed by atoms with van der Waals surface area (Å²) in [6.07, 6.45) is 3.91. The zero-order valence-corrected chi connectivity index (χ0v) is 14.1. The second-order valence-electron chi connectivity index (χ2n) is 3.65. The normalized spacial score (nSPS) is 11.9. The maximum absolute atomic E-state index is 12.0. The Kier molecular flexibility index (Phi) is 7.19. The summed E-state index contributed by atoms with van der Waals surface area (Å²) >= 11 is 6.39. The van der Waals surface area contributed by atoms with Crippen LogP contribution in [0.2, 0.25) is 0 Å². The number of halogens is 1. The molecular formula is C10H17BrN2O2S3. The van der Waals surface area contributed by atoms with Crippen molar-refractivity contribution in [1.29, 1.82) is 0 Å². The number of rotatable bonds is 8. The summed E-state index contributed by atoms with van der Waals surface area (Å²) in [6, 6.07) is 1.62. The second kappa shape index (κ2) is 7.86. The van der Waals surface area contributed by atoms with Gasteiger partial charge in [-0.15, -0.1) is 11.3 Å². The van der Waals surface area contributed by atoms with E-state index in [0.717, 1.165) is 23.5 Å². The molecule has 0 saturated carbocycles. The molecule has 0 aliphatic heterocycles. The van der Waals surface area contributed by atoms with Gasteiger partial charge in [0.1, 0.15) is 4.90 Å². The van der Waals surface area contributed by atoms with E-state index >= 15 is 0 Å². The summed E-state index contributed by atoms with van der Waals surface area (Å²) in [5.41, 5.74) is 5.50. The van der Waals surface area contributed by atoms with E-state index in [1.807, 2.05) is 6.26 Å². The van der Waals surface area contributed by atoms with Crippen molar-refractivity contribution in [2.75, 3.05) is 18.6 Å². The van der Waals surface area contributed by atoms with Crippen LogP contribution in [-0.4, -0.2) is 27.0 Å². The van der Waals surface area contributed by atoms with Crippen molar-refractivity contribution in [2.24, 2.45) is 5.73 Å². The number of nitrogens with two attached hydrogens (primary N) is 1. The summed E-state index contributed by atoms with van der Waals surface area (Å²) in [7, 11) is -3.42. The van der Waals surface area contributed by atoms with Crippen molar-refractivity contribution >= 4 is 49.1 Å². The summed E-state index contributed by atoms with van der Waals surface area (Å²) in [6.45, 7) is 0.829. The molecule has 0 unspecified atom stereocenters. The van der Waals surface area contributed by atoms with E-state index in [1.165, 1.54) is 11.3 Å². The predicted octanol–water partition coefficient (Wildman–Crippen LogP) is 2.39. The Hall–Kier alpha value is 0.400. The lowest BCUT2D eigenvalue weighted by atomic mass is 10.3. The van der Waals surface area contributed by atoms with Gasteiger partial charge in [0.25, 0.3) is 0 Å². The van der Waals surface area contributed by atoms with Crippen LogP contribution in [0.15, 0.2) is 14.7 Å². The SMILES string of the molecule is CSCCCCNS(=O)(=O)c1cc(CN)sc1Br. The van der Waals surface area contributed by atoms with Gasteiger partial charge in [-0.2, -0.15) is 11.8 Å². The molecule has 1 heterocycles. The van der Waals surface area contributed by atoms with Crippen molar-refractivity contribution in [3.63, 3.8) is 0 Å². The lowest BCUT2D eigenvalue weighted by Gasteiger charge is -2.05. The molecule has 0 aromatic carbocycles. The number of thiophene rings is 1. The Morgan fingerprint density at radius 3 is 2.78 bits per heavy atom. The minimum atomic E-state index is -3.42. The van der Waals surface area contributed by atoms with Crippen LogP contribution in [0.1, 0.15) is 17.7 Å². The van der Waals surface area contributed by atoms with Gasteiger partial charge in [0, 0.05) is 18.0 Å². The van der Waals surface area contributed by atoms with Gasteiger partial charge < -0.3 is 5.73 Å². The van der Waals surface area contributed by atoms with Crippen LogP contribution < -0.4 is 10.5 Å². The average molecular weight is 373 g/mol. The molecule has 0 atom stereocenters. The molecule has 1 rings (SSSR count). The fraction of sp³-hybridized carbons (Fsp3) is 0.600. The molecule has 104 valence electrons. The third-order valence-corrected chi connectivity index (χ3v) is 6.70. The van der Waals surface area contributed by atoms with Crippen LogP contribution in [0.5, 0.6) is 0 Å². The van der Waals surface area contributed by atoms with Crippen LogP contribution >= 0.6 is 39.0 Å². The van der Waals surface area contributed by atoms with Crippen LogP contribution in [-0.2, 0) is 16.6 Å². The highest BCUT2D eigenvalue weighted by atomic mass is 79.9. The third kappa shape index (κ3) is 4.82. The Morgan fingerprint density at radius 1 is 1.50 bits per heavy atom. The minimum absolute atomic E-state index is 0.290. The van der Waals surface area contributed by atoms with Gasteiger partial charge in [0.05, 0.1) is 3.79 Å². The summed E-state index contributed by atoms with van der Waals surface area (Å²) in [4.78, 5) is 1.14. The molecule has 8 heteroatoms. The highest BCUT2D eigenvalue weighted by Gasteiger charge is 2.19. The zero-order chi connectivity index (χ0) is 13.6. The first-order valence-corrected chi connectivity index (χ1v) is 9.96. The molecule has 3 N–H and O–H groups in total. The lowest BCUT2D eigenvalue weighted by Crippen LogP contribution is -2.24. The lowest BCUT2D eigenvalue weighted by molar-refractivity contribution is 0.578. The first-order chi connectivity index (χ1) is 8.51. The van der Waals surface area contributed by atoms with Crippen LogP contribution in [0.3, 0.4) is 0 Å². The summed E-state index contributed by atoms with van der Waals surface area (Å²) < 4.78 is 27.3. The quantitative estimate of drug-likeness (QED) is 0.687. The molecule has 1 aromatic rings. The molecule has 0 bridgehead atoms. The van der Waals surface area contributed by atoms with Gasteiger partial charge in [-0.05, 0) is 46.8 Å². The first kappa shape index (κ1) is 16.5. The fourth-order valence-corrected chi connectivity index (χ4v) is 5.46. The molecule has 4 nitrogen and oxygen atoms in total. The van der Waals surface area contributed by atoms with Gasteiger partial charge in [-0.3, -0.25) is 0 Å². The van der Waals surface area contributed by atoms with Crippen molar-refractivity contribution < 1.29 is 8.42 Å². The van der Waals surface area contributed by atoms with Crippen LogP contribution in [0.25, 0.3) is 0 Å². The van der Waals surface area contributed by atoms with Crippen molar-refractivity contribution in [2.45, 2.75) is 24.3 Å². The maximum Gasteiger partial charge on any atom is 0.242 e. The fourth-order valence-electron chi connectivity index (χ4n) is 1.34. The Bertz CT molecular complexity index is 473. The van der Waals surface area contributed by atoms with Crippen molar-refractivity contribution in [1.82, 2.24) is 4.72 Å². The molecule has 1 aromatic heterocycles. The van der Waals surface area contributed by atoms with E-state index in [1.54, 1.807) is 17.8 Å². The Balaban J connectivity index is 2.60. The van der Waals surface area contributed by atoms with E-state index in [4.69, 9.17) is 5.73 Å². The van der Waals surface area contributed by atoms with Crippen LogP contribution in [0.4, 0.5) is 0 Å². The highest BCUT2D eigenvalue weighted by molar-refractivity contribution is 9.11. The van der Waals surface area contributed by atoms with Crippen molar-refractivity contribution in [3.8, 4) is 0 Å². The van der Waals surface area contributed by atoms with E-state index in [0.29, 0.717) is 16.9 Å². The standard InChI is InChI=1S/C10H17BrN2O2S3/c1-16-5-3-2-4-13-18(14,15)9-6-8(7-12)17-10(9)11/h6,13H,2-5,7,12H2,1H3. The number of nitrogens with one attached hydrogen (secondary N) is 1. The number of hydrogen-bond donors (Lipinski definition) is 2. The zero-order valence-electron chi connectivity index (χ0n) is 10.1. The largest absolute Gasteiger partial charge is 0.326 e. The predicted molar refractivity (Wildman–Crippen MR) is 82.7 cm³/mol. The Labute approximate surface area is 125 Å². The second-order valence-corrected chi connectivity index (χ2v) is 8.83. The molecule has 0 radical (unpaired) electrons. The minimum Gasteiger partial charge on any atom is -0.326 e. The van der Waals surface area contributed by atoms with Crippen LogP contribution in [0, 0.1) is 0 Å². The van der Waals surface area contributed by atoms with Gasteiger partial charge in [-0.1, -0.05) is 0 Å². The van der Waals surface area contributed by atoms with E-state index in [2.05, 4.69) is 20.7 Å². The van der Waals surface area contributed by atoms with E-state index < -0.39 is 10.0 Å². The smallest absolute Gasteiger partial charge is 0.242 e. The molecule has 0 spiro atoms. The average Bonchev–Trinajstić information content (AvgIpc) is 2.71. The van der Waals surface area contributed by atoms with Crippen molar-refractivity contribution in [3.05, 3.63) is 14.7 Å². The summed E-state index contributed by atoms with van der Waals surface area (Å²) in [5.74, 6) is 1.06. The van der Waals surface area contributed by atoms with Gasteiger partial charge >= 0.3 is 0 Å². The van der Waals surface area contributed by atoms with E-state index in [9.17, 15) is 8.42 Å². The number of unbranched alkanes of at least 4 members (excludes halogenated alkanes) is 1. The molecule has 0 saturated heterocycles. The first-order valence-electron chi connectivity index (χ1n) is 5.48. The number of sulfonamides is 1. The van der Waals surface area contributed by atoms with Gasteiger partial charge in [0.15, 0.2) is 0 Å². The van der Waals surface area contributed by atoms with Gasteiger partial charge in [0.2, 0.25) is 10.0 Å². The highest BCUT2D eigenvalue weighted by Crippen LogP contribution is 2.31. The Morgan fingerprint density at radius 2 is 2.22 bits per heavy atom. The molecule has 0 amide bonds. The number of thioether (sulfide) groups is 1. The van der Waals surface area contributed by atoms with Gasteiger partial charge in [-0.25, -0.2) is 13.1 Å². The molecule has 0 aliphatic carbocycles. The molecule has 18 heavy (non-hydrogen) atoms. The van der Waals surface area contributed by atoms with E-state index in [-0.39, 0.29) is 4.90 Å². The number of hydrogen-bond acceptors (Lipinski definition) is 5. The monoisotopic (exact) mass is 372 g/mol. The molecular weight excluding hydrogens is 356 g/mol. The molecule has 0 aliphatic rings. The topological polar surface area (TPSA) is 72.2 Å².